The van der Waals surface area contributed by atoms with Gasteiger partial charge in [0.25, 0.3) is 0 Å². The van der Waals surface area contributed by atoms with Gasteiger partial charge in [0.05, 0.1) is 25.0 Å². The first-order valence-corrected chi connectivity index (χ1v) is 9.36. The van der Waals surface area contributed by atoms with E-state index in [0.717, 1.165) is 18.6 Å². The lowest BCUT2D eigenvalue weighted by atomic mass is 10.1. The molecule has 0 bridgehead atoms. The summed E-state index contributed by atoms with van der Waals surface area (Å²) in [5.41, 5.74) is 5.66. The Balaban J connectivity index is 1.70. The molecule has 2 unspecified atom stereocenters. The molecule has 0 radical (unpaired) electrons. The van der Waals surface area contributed by atoms with Crippen molar-refractivity contribution in [1.29, 1.82) is 5.41 Å². The molecule has 2 atom stereocenters. The van der Waals surface area contributed by atoms with Gasteiger partial charge in [0.2, 0.25) is 0 Å². The van der Waals surface area contributed by atoms with Gasteiger partial charge in [0.1, 0.15) is 17.6 Å². The van der Waals surface area contributed by atoms with E-state index in [1.165, 1.54) is 23.0 Å². The fourth-order valence-electron chi connectivity index (χ4n) is 3.42. The molecule has 1 saturated heterocycles. The van der Waals surface area contributed by atoms with Crippen molar-refractivity contribution in [2.45, 2.75) is 25.3 Å². The first-order valence-electron chi connectivity index (χ1n) is 9.36. The monoisotopic (exact) mass is 432 g/mol. The first-order chi connectivity index (χ1) is 14.8. The fourth-order valence-corrected chi connectivity index (χ4v) is 3.42. The number of nitrogens with zero attached hydrogens (tertiary/aromatic N) is 6. The van der Waals surface area contributed by atoms with E-state index in [-0.39, 0.29) is 17.6 Å². The van der Waals surface area contributed by atoms with E-state index in [4.69, 9.17) is 15.9 Å². The van der Waals surface area contributed by atoms with Crippen molar-refractivity contribution in [2.75, 3.05) is 18.0 Å². The average Bonchev–Trinajstić information content (AvgIpc) is 3.17. The summed E-state index contributed by atoms with van der Waals surface area (Å²) >= 11 is 0. The van der Waals surface area contributed by atoms with Gasteiger partial charge in [0, 0.05) is 36.9 Å². The molecule has 0 saturated carbocycles. The number of morpholine rings is 1. The Morgan fingerprint density at radius 1 is 1.26 bits per heavy atom. The zero-order valence-corrected chi connectivity index (χ0v) is 16.4. The normalized spacial score (nSPS) is 20.3. The SMILES string of the molecule is CC1CN(c2ccnc(-c3cnc4cnc(C(F)(F)F)cn34)n2)CC(/C(C=N)=C/N)O1. The van der Waals surface area contributed by atoms with Gasteiger partial charge >= 0.3 is 6.18 Å². The average molecular weight is 432 g/mol. The lowest BCUT2D eigenvalue weighted by Gasteiger charge is -2.37. The number of halogens is 3. The number of ether oxygens (including phenoxy) is 1. The van der Waals surface area contributed by atoms with E-state index in [1.54, 1.807) is 6.07 Å². The quantitative estimate of drug-likeness (QED) is 0.607. The van der Waals surface area contributed by atoms with Crippen molar-refractivity contribution >= 4 is 17.7 Å². The van der Waals surface area contributed by atoms with Crippen LogP contribution in [0, 0.1) is 5.41 Å². The molecule has 1 aliphatic rings. The van der Waals surface area contributed by atoms with Gasteiger partial charge in [-0.15, -0.1) is 0 Å². The zero-order chi connectivity index (χ0) is 22.2. The Labute approximate surface area is 174 Å². The second-order valence-corrected chi connectivity index (χ2v) is 7.03. The number of nitrogens with one attached hydrogen (secondary N) is 1. The van der Waals surface area contributed by atoms with Gasteiger partial charge in [-0.25, -0.2) is 19.9 Å². The smallest absolute Gasteiger partial charge is 0.404 e. The molecule has 3 aromatic rings. The van der Waals surface area contributed by atoms with E-state index in [0.29, 0.717) is 30.2 Å². The molecule has 31 heavy (non-hydrogen) atoms. The number of imidazole rings is 1. The molecule has 12 heteroatoms. The Kier molecular flexibility index (Phi) is 5.31. The molecule has 4 rings (SSSR count). The lowest BCUT2D eigenvalue weighted by molar-refractivity contribution is -0.141. The van der Waals surface area contributed by atoms with E-state index in [1.807, 2.05) is 11.8 Å². The standard InChI is InChI=1S/C19H19F3N8O/c1-11-8-29(9-14(31-11)12(4-23)5-24)16-2-3-25-18(28-16)13-6-27-17-7-26-15(10-30(13)17)19(20,21)22/h2-7,10-11,14,23H,8-9,24H2,1H3/b12-5+,23-4?. The minimum absolute atomic E-state index is 0.150. The predicted molar refractivity (Wildman–Crippen MR) is 107 cm³/mol. The molecule has 4 heterocycles. The Morgan fingerprint density at radius 2 is 2.06 bits per heavy atom. The third-order valence-corrected chi connectivity index (χ3v) is 4.87. The molecule has 162 valence electrons. The summed E-state index contributed by atoms with van der Waals surface area (Å²) in [6.45, 7) is 2.85. The minimum Gasteiger partial charge on any atom is -0.404 e. The summed E-state index contributed by atoms with van der Waals surface area (Å²) in [6, 6.07) is 1.71. The maximum absolute atomic E-state index is 13.1. The molecule has 9 nitrogen and oxygen atoms in total. The molecule has 1 fully saturated rings. The van der Waals surface area contributed by atoms with Crippen molar-refractivity contribution in [1.82, 2.24) is 24.3 Å². The molecule has 3 aromatic heterocycles. The number of aromatic nitrogens is 5. The van der Waals surface area contributed by atoms with Gasteiger partial charge in [-0.1, -0.05) is 0 Å². The second-order valence-electron chi connectivity index (χ2n) is 7.03. The van der Waals surface area contributed by atoms with Gasteiger partial charge in [-0.05, 0) is 13.0 Å². The van der Waals surface area contributed by atoms with E-state index in [9.17, 15) is 13.2 Å². The van der Waals surface area contributed by atoms with Crippen molar-refractivity contribution in [3.8, 4) is 11.5 Å². The van der Waals surface area contributed by atoms with Gasteiger partial charge in [-0.2, -0.15) is 13.2 Å². The highest BCUT2D eigenvalue weighted by molar-refractivity contribution is 5.77. The molecule has 0 aliphatic carbocycles. The van der Waals surface area contributed by atoms with Crippen LogP contribution in [-0.2, 0) is 10.9 Å². The van der Waals surface area contributed by atoms with Crippen LogP contribution in [-0.4, -0.2) is 55.8 Å². The molecule has 1 aliphatic heterocycles. The molecule has 0 spiro atoms. The highest BCUT2D eigenvalue weighted by Gasteiger charge is 2.33. The number of rotatable bonds is 4. The predicted octanol–water partition coefficient (Wildman–Crippen LogP) is 2.29. The lowest BCUT2D eigenvalue weighted by Crippen LogP contribution is -2.48. The van der Waals surface area contributed by atoms with Gasteiger partial charge < -0.3 is 20.8 Å². The van der Waals surface area contributed by atoms with E-state index in [2.05, 4.69) is 19.9 Å². The van der Waals surface area contributed by atoms with Crippen molar-refractivity contribution in [2.24, 2.45) is 5.73 Å². The topological polar surface area (TPSA) is 118 Å². The summed E-state index contributed by atoms with van der Waals surface area (Å²) < 4.78 is 46.4. The van der Waals surface area contributed by atoms with Crippen LogP contribution in [0.5, 0.6) is 0 Å². The summed E-state index contributed by atoms with van der Waals surface area (Å²) in [6.07, 6.45) is 2.23. The van der Waals surface area contributed by atoms with Crippen LogP contribution < -0.4 is 10.6 Å². The summed E-state index contributed by atoms with van der Waals surface area (Å²) in [5, 5.41) is 7.51. The third-order valence-electron chi connectivity index (χ3n) is 4.87. The Hall–Kier alpha value is -3.54. The highest BCUT2D eigenvalue weighted by atomic mass is 19.4. The number of alkyl halides is 3. The van der Waals surface area contributed by atoms with Crippen LogP contribution in [0.1, 0.15) is 12.6 Å². The Bertz CT molecular complexity index is 1140. The van der Waals surface area contributed by atoms with Crippen LogP contribution in [0.3, 0.4) is 0 Å². The number of hydrogen-bond acceptors (Lipinski definition) is 8. The van der Waals surface area contributed by atoms with Gasteiger partial charge in [0.15, 0.2) is 17.2 Å². The number of fused-ring (bicyclic) bond motifs is 1. The number of nitrogens with two attached hydrogens (primary N) is 1. The maximum atomic E-state index is 13.1. The number of hydrogen-bond donors (Lipinski definition) is 2. The van der Waals surface area contributed by atoms with Crippen molar-refractivity contribution in [3.63, 3.8) is 0 Å². The van der Waals surface area contributed by atoms with Gasteiger partial charge in [-0.3, -0.25) is 4.40 Å². The van der Waals surface area contributed by atoms with Crippen molar-refractivity contribution < 1.29 is 17.9 Å². The third kappa shape index (κ3) is 4.06. The fraction of sp³-hybridized carbons (Fsp3) is 0.316. The molecule has 0 aromatic carbocycles. The summed E-state index contributed by atoms with van der Waals surface area (Å²) in [4.78, 5) is 18.3. The summed E-state index contributed by atoms with van der Waals surface area (Å²) in [7, 11) is 0. The second kappa shape index (κ2) is 7.95. The van der Waals surface area contributed by atoms with Crippen LogP contribution >= 0.6 is 0 Å². The van der Waals surface area contributed by atoms with Crippen LogP contribution in [0.15, 0.2) is 42.6 Å². The molecule has 3 N–H and O–H groups in total. The van der Waals surface area contributed by atoms with Crippen molar-refractivity contribution in [3.05, 3.63) is 48.3 Å². The maximum Gasteiger partial charge on any atom is 0.434 e. The minimum atomic E-state index is -4.58. The molecular weight excluding hydrogens is 413 g/mol. The van der Waals surface area contributed by atoms with Crippen LogP contribution in [0.25, 0.3) is 17.2 Å². The summed E-state index contributed by atoms with van der Waals surface area (Å²) in [5.74, 6) is 0.799. The zero-order valence-electron chi connectivity index (χ0n) is 16.4. The largest absolute Gasteiger partial charge is 0.434 e. The highest BCUT2D eigenvalue weighted by Crippen LogP contribution is 2.29. The van der Waals surface area contributed by atoms with E-state index < -0.39 is 18.0 Å². The first kappa shape index (κ1) is 20.7. The molecular formula is C19H19F3N8O. The number of anilines is 1. The van der Waals surface area contributed by atoms with Crippen LogP contribution in [0.4, 0.5) is 19.0 Å². The van der Waals surface area contributed by atoms with E-state index >= 15 is 0 Å². The van der Waals surface area contributed by atoms with Crippen LogP contribution in [0.2, 0.25) is 0 Å². The molecule has 0 amide bonds. The Morgan fingerprint density at radius 3 is 2.77 bits per heavy atom.